The molecule has 2 amide bonds. The third-order valence-corrected chi connectivity index (χ3v) is 3.45. The number of anilines is 1. The molecule has 0 bridgehead atoms. The fourth-order valence-electron chi connectivity index (χ4n) is 2.35. The maximum Gasteiger partial charge on any atom is 0.246 e. The summed E-state index contributed by atoms with van der Waals surface area (Å²) < 4.78 is 13.8. The van der Waals surface area contributed by atoms with E-state index in [2.05, 4.69) is 25.8 Å². The van der Waals surface area contributed by atoms with Gasteiger partial charge in [-0.05, 0) is 31.0 Å². The monoisotopic (exact) mass is 303 g/mol. The molecule has 1 aliphatic heterocycles. The van der Waals surface area contributed by atoms with Gasteiger partial charge in [0, 0.05) is 12.1 Å². The number of carbonyl (C=O) groups excluding carboxylic acids is 2. The van der Waals surface area contributed by atoms with Crippen LogP contribution in [0.4, 0.5) is 10.1 Å². The minimum Gasteiger partial charge on any atom is -0.344 e. The van der Waals surface area contributed by atoms with Crippen molar-refractivity contribution in [3.8, 4) is 11.4 Å². The van der Waals surface area contributed by atoms with Gasteiger partial charge in [-0.15, -0.1) is 0 Å². The standard InChI is InChI=1S/C14H14FN5O2/c15-10-5-4-8(6-9(10)13-16-7-17-20-13)18-14(22)11-2-1-3-12(21)19-11/h4-7,11H,1-3H2,(H,18,22)(H,19,21)(H,16,17,20). The maximum atomic E-state index is 13.8. The van der Waals surface area contributed by atoms with Crippen molar-refractivity contribution < 1.29 is 14.0 Å². The molecule has 0 radical (unpaired) electrons. The summed E-state index contributed by atoms with van der Waals surface area (Å²) in [6, 6.07) is 3.61. The van der Waals surface area contributed by atoms with Crippen LogP contribution in [0.3, 0.4) is 0 Å². The molecule has 3 N–H and O–H groups in total. The van der Waals surface area contributed by atoms with E-state index in [4.69, 9.17) is 0 Å². The lowest BCUT2D eigenvalue weighted by Gasteiger charge is -2.22. The van der Waals surface area contributed by atoms with Crippen molar-refractivity contribution in [2.45, 2.75) is 25.3 Å². The molecule has 0 saturated carbocycles. The third kappa shape index (κ3) is 2.95. The number of rotatable bonds is 3. The molecule has 0 spiro atoms. The molecule has 3 rings (SSSR count). The van der Waals surface area contributed by atoms with Crippen LogP contribution in [0.5, 0.6) is 0 Å². The summed E-state index contributed by atoms with van der Waals surface area (Å²) in [6.07, 6.45) is 2.98. The molecule has 1 unspecified atom stereocenters. The third-order valence-electron chi connectivity index (χ3n) is 3.45. The second kappa shape index (κ2) is 5.92. The van der Waals surface area contributed by atoms with E-state index in [1.54, 1.807) is 0 Å². The van der Waals surface area contributed by atoms with Gasteiger partial charge in [0.05, 0.1) is 5.56 Å². The van der Waals surface area contributed by atoms with Crippen LogP contribution in [0.25, 0.3) is 11.4 Å². The predicted octanol–water partition coefficient (Wildman–Crippen LogP) is 1.22. The van der Waals surface area contributed by atoms with Crippen molar-refractivity contribution in [2.75, 3.05) is 5.32 Å². The molecule has 1 atom stereocenters. The Hall–Kier alpha value is -2.77. The Balaban J connectivity index is 1.76. The van der Waals surface area contributed by atoms with Gasteiger partial charge in [-0.1, -0.05) is 0 Å². The molecule has 1 aromatic heterocycles. The van der Waals surface area contributed by atoms with Crippen molar-refractivity contribution in [2.24, 2.45) is 0 Å². The van der Waals surface area contributed by atoms with Gasteiger partial charge in [-0.2, -0.15) is 5.10 Å². The van der Waals surface area contributed by atoms with Gasteiger partial charge in [0.1, 0.15) is 18.2 Å². The molecule has 1 saturated heterocycles. The van der Waals surface area contributed by atoms with Crippen molar-refractivity contribution >= 4 is 17.5 Å². The van der Waals surface area contributed by atoms with Gasteiger partial charge < -0.3 is 10.6 Å². The second-order valence-electron chi connectivity index (χ2n) is 5.03. The molecule has 22 heavy (non-hydrogen) atoms. The van der Waals surface area contributed by atoms with E-state index < -0.39 is 11.9 Å². The summed E-state index contributed by atoms with van der Waals surface area (Å²) in [5.74, 6) is -0.642. The molecule has 8 heteroatoms. The number of nitrogens with zero attached hydrogens (tertiary/aromatic N) is 2. The van der Waals surface area contributed by atoms with Crippen LogP contribution in [0.1, 0.15) is 19.3 Å². The SMILES string of the molecule is O=C1CCCC(C(=O)Nc2ccc(F)c(-c3ncn[nH]3)c2)N1. The van der Waals surface area contributed by atoms with Gasteiger partial charge in [-0.3, -0.25) is 14.7 Å². The van der Waals surface area contributed by atoms with E-state index in [1.165, 1.54) is 24.5 Å². The largest absolute Gasteiger partial charge is 0.344 e. The van der Waals surface area contributed by atoms with E-state index in [-0.39, 0.29) is 23.2 Å². The average molecular weight is 303 g/mol. The van der Waals surface area contributed by atoms with Crippen LogP contribution in [0, 0.1) is 5.82 Å². The summed E-state index contributed by atoms with van der Waals surface area (Å²) in [5.41, 5.74) is 0.639. The minimum atomic E-state index is -0.556. The molecule has 1 aromatic carbocycles. The zero-order chi connectivity index (χ0) is 15.5. The molecule has 2 heterocycles. The molecule has 1 aliphatic rings. The molecule has 2 aromatic rings. The molecule has 0 aliphatic carbocycles. The van der Waals surface area contributed by atoms with Crippen molar-refractivity contribution in [1.29, 1.82) is 0 Å². The molecule has 114 valence electrons. The Morgan fingerprint density at radius 1 is 1.41 bits per heavy atom. The molecular formula is C14H14FN5O2. The lowest BCUT2D eigenvalue weighted by atomic mass is 10.0. The number of carbonyl (C=O) groups is 2. The first-order valence-electron chi connectivity index (χ1n) is 6.89. The summed E-state index contributed by atoms with van der Waals surface area (Å²) in [6.45, 7) is 0. The highest BCUT2D eigenvalue weighted by atomic mass is 19.1. The Bertz CT molecular complexity index is 701. The smallest absolute Gasteiger partial charge is 0.246 e. The number of hydrogen-bond acceptors (Lipinski definition) is 4. The van der Waals surface area contributed by atoms with E-state index in [0.29, 0.717) is 24.9 Å². The second-order valence-corrected chi connectivity index (χ2v) is 5.03. The quantitative estimate of drug-likeness (QED) is 0.793. The summed E-state index contributed by atoms with van der Waals surface area (Å²) >= 11 is 0. The Morgan fingerprint density at radius 2 is 2.27 bits per heavy atom. The van der Waals surface area contributed by atoms with E-state index in [1.807, 2.05) is 0 Å². The Morgan fingerprint density at radius 3 is 3.00 bits per heavy atom. The fraction of sp³-hybridized carbons (Fsp3) is 0.286. The van der Waals surface area contributed by atoms with E-state index in [0.717, 1.165) is 0 Å². The van der Waals surface area contributed by atoms with Crippen molar-refractivity contribution in [1.82, 2.24) is 20.5 Å². The van der Waals surface area contributed by atoms with Gasteiger partial charge >= 0.3 is 0 Å². The zero-order valence-corrected chi connectivity index (χ0v) is 11.6. The first-order valence-corrected chi connectivity index (χ1v) is 6.89. The average Bonchev–Trinajstić information content (AvgIpc) is 3.03. The van der Waals surface area contributed by atoms with Gasteiger partial charge in [0.2, 0.25) is 11.8 Å². The lowest BCUT2D eigenvalue weighted by molar-refractivity contribution is -0.128. The molecule has 1 fully saturated rings. The zero-order valence-electron chi connectivity index (χ0n) is 11.6. The van der Waals surface area contributed by atoms with Gasteiger partial charge in [-0.25, -0.2) is 9.37 Å². The number of amides is 2. The molecular weight excluding hydrogens is 289 g/mol. The summed E-state index contributed by atoms with van der Waals surface area (Å²) in [4.78, 5) is 27.4. The number of benzene rings is 1. The predicted molar refractivity (Wildman–Crippen MR) is 76.2 cm³/mol. The van der Waals surface area contributed by atoms with Crippen molar-refractivity contribution in [3.63, 3.8) is 0 Å². The highest BCUT2D eigenvalue weighted by Crippen LogP contribution is 2.23. The summed E-state index contributed by atoms with van der Waals surface area (Å²) in [5, 5.41) is 11.6. The number of H-pyrrole nitrogens is 1. The first-order chi connectivity index (χ1) is 10.6. The van der Waals surface area contributed by atoms with E-state index >= 15 is 0 Å². The number of aromatic amines is 1. The van der Waals surface area contributed by atoms with Crippen LogP contribution in [0.2, 0.25) is 0 Å². The van der Waals surface area contributed by atoms with Crippen LogP contribution in [0.15, 0.2) is 24.5 Å². The first kappa shape index (κ1) is 14.2. The number of nitrogens with one attached hydrogen (secondary N) is 3. The minimum absolute atomic E-state index is 0.132. The Labute approximate surface area is 125 Å². The fourth-order valence-corrected chi connectivity index (χ4v) is 2.35. The summed E-state index contributed by atoms with van der Waals surface area (Å²) in [7, 11) is 0. The van der Waals surface area contributed by atoms with E-state index in [9.17, 15) is 14.0 Å². The highest BCUT2D eigenvalue weighted by molar-refractivity contribution is 5.98. The topological polar surface area (TPSA) is 99.8 Å². The maximum absolute atomic E-state index is 13.8. The van der Waals surface area contributed by atoms with Gasteiger partial charge in [0.15, 0.2) is 5.82 Å². The van der Waals surface area contributed by atoms with Crippen LogP contribution >= 0.6 is 0 Å². The lowest BCUT2D eigenvalue weighted by Crippen LogP contribution is -2.46. The van der Waals surface area contributed by atoms with Crippen LogP contribution in [-0.4, -0.2) is 33.0 Å². The van der Waals surface area contributed by atoms with Gasteiger partial charge in [0.25, 0.3) is 0 Å². The number of hydrogen-bond donors (Lipinski definition) is 3. The number of halogens is 1. The highest BCUT2D eigenvalue weighted by Gasteiger charge is 2.24. The number of aromatic nitrogens is 3. The molecule has 7 nitrogen and oxygen atoms in total. The normalized spacial score (nSPS) is 17.9. The van der Waals surface area contributed by atoms with Crippen LogP contribution < -0.4 is 10.6 Å². The number of piperidine rings is 1. The van der Waals surface area contributed by atoms with Crippen LogP contribution in [-0.2, 0) is 9.59 Å². The Kier molecular flexibility index (Phi) is 3.82. The van der Waals surface area contributed by atoms with Crippen molar-refractivity contribution in [3.05, 3.63) is 30.3 Å².